The number of rotatable bonds is 4. The number of imidazole rings is 1. The smallest absolute Gasteiger partial charge is 0.255 e. The SMILES string of the molecule is Cn1c(CN2CCCCCC2)nc2cc(NC(=O)c3cccc(Br)c3)ccc21. The fourth-order valence-electron chi connectivity index (χ4n) is 3.80. The first-order chi connectivity index (χ1) is 13.6. The first-order valence-electron chi connectivity index (χ1n) is 9.85. The lowest BCUT2D eigenvalue weighted by Crippen LogP contribution is -2.25. The number of nitrogens with one attached hydrogen (secondary N) is 1. The van der Waals surface area contributed by atoms with Crippen LogP contribution in [0, 0.1) is 0 Å². The Labute approximate surface area is 173 Å². The highest BCUT2D eigenvalue weighted by molar-refractivity contribution is 9.10. The number of amides is 1. The van der Waals surface area contributed by atoms with Gasteiger partial charge in [0.05, 0.1) is 17.6 Å². The van der Waals surface area contributed by atoms with Crippen molar-refractivity contribution in [2.75, 3.05) is 18.4 Å². The number of halogens is 1. The van der Waals surface area contributed by atoms with Gasteiger partial charge in [-0.3, -0.25) is 9.69 Å². The molecule has 1 N–H and O–H groups in total. The Balaban J connectivity index is 1.53. The Morgan fingerprint density at radius 1 is 1.11 bits per heavy atom. The van der Waals surface area contributed by atoms with E-state index in [1.54, 1.807) is 6.07 Å². The quantitative estimate of drug-likeness (QED) is 0.623. The van der Waals surface area contributed by atoms with Gasteiger partial charge in [0.15, 0.2) is 0 Å². The molecule has 2 heterocycles. The van der Waals surface area contributed by atoms with E-state index in [0.29, 0.717) is 5.56 Å². The van der Waals surface area contributed by atoms with Crippen LogP contribution in [-0.4, -0.2) is 33.4 Å². The number of hydrogen-bond donors (Lipinski definition) is 1. The summed E-state index contributed by atoms with van der Waals surface area (Å²) in [6, 6.07) is 13.3. The zero-order valence-electron chi connectivity index (χ0n) is 16.1. The fourth-order valence-corrected chi connectivity index (χ4v) is 4.20. The van der Waals surface area contributed by atoms with Gasteiger partial charge >= 0.3 is 0 Å². The third-order valence-electron chi connectivity index (χ3n) is 5.38. The molecular weight excluding hydrogens is 416 g/mol. The molecule has 1 fully saturated rings. The van der Waals surface area contributed by atoms with Gasteiger partial charge in [0.1, 0.15) is 5.82 Å². The molecule has 28 heavy (non-hydrogen) atoms. The Hall–Kier alpha value is -2.18. The molecule has 4 rings (SSSR count). The molecule has 1 aliphatic rings. The molecule has 0 spiro atoms. The van der Waals surface area contributed by atoms with Gasteiger partial charge < -0.3 is 9.88 Å². The zero-order valence-corrected chi connectivity index (χ0v) is 17.7. The van der Waals surface area contributed by atoms with E-state index in [0.717, 1.165) is 46.7 Å². The highest BCUT2D eigenvalue weighted by Gasteiger charge is 2.15. The van der Waals surface area contributed by atoms with Gasteiger partial charge in [-0.1, -0.05) is 34.8 Å². The maximum absolute atomic E-state index is 12.5. The van der Waals surface area contributed by atoms with Crippen molar-refractivity contribution < 1.29 is 4.79 Å². The first-order valence-corrected chi connectivity index (χ1v) is 10.6. The minimum Gasteiger partial charge on any atom is -0.330 e. The summed E-state index contributed by atoms with van der Waals surface area (Å²) < 4.78 is 3.05. The molecule has 1 aliphatic heterocycles. The molecule has 1 aromatic heterocycles. The van der Waals surface area contributed by atoms with Crippen LogP contribution in [0.1, 0.15) is 41.9 Å². The first kappa shape index (κ1) is 19.2. The molecule has 1 saturated heterocycles. The lowest BCUT2D eigenvalue weighted by Gasteiger charge is -2.19. The van der Waals surface area contributed by atoms with Crippen molar-refractivity contribution in [3.8, 4) is 0 Å². The van der Waals surface area contributed by atoms with Crippen molar-refractivity contribution in [1.29, 1.82) is 0 Å². The molecule has 3 aromatic rings. The molecule has 146 valence electrons. The number of nitrogens with zero attached hydrogens (tertiary/aromatic N) is 3. The standard InChI is InChI=1S/C22H25BrN4O/c1-26-20-10-9-18(24-22(28)16-7-6-8-17(23)13-16)14-19(20)25-21(26)15-27-11-4-2-3-5-12-27/h6-10,13-14H,2-5,11-12,15H2,1H3,(H,24,28). The molecule has 0 radical (unpaired) electrons. The summed E-state index contributed by atoms with van der Waals surface area (Å²) in [6.45, 7) is 3.18. The number of aryl methyl sites for hydroxylation is 1. The minimum absolute atomic E-state index is 0.124. The van der Waals surface area contributed by atoms with E-state index in [9.17, 15) is 4.79 Å². The van der Waals surface area contributed by atoms with Crippen LogP contribution < -0.4 is 5.32 Å². The molecule has 6 heteroatoms. The minimum atomic E-state index is -0.124. The second kappa shape index (κ2) is 8.45. The van der Waals surface area contributed by atoms with Crippen LogP contribution >= 0.6 is 15.9 Å². The number of anilines is 1. The number of carbonyl (C=O) groups is 1. The fraction of sp³-hybridized carbons (Fsp3) is 0.364. The largest absolute Gasteiger partial charge is 0.330 e. The summed E-state index contributed by atoms with van der Waals surface area (Å²) in [4.78, 5) is 19.9. The van der Waals surface area contributed by atoms with Gasteiger partial charge in [-0.15, -0.1) is 0 Å². The average molecular weight is 441 g/mol. The number of fused-ring (bicyclic) bond motifs is 1. The lowest BCUT2D eigenvalue weighted by atomic mass is 10.2. The summed E-state index contributed by atoms with van der Waals surface area (Å²) in [5.41, 5.74) is 3.39. The van der Waals surface area contributed by atoms with Crippen molar-refractivity contribution in [3.05, 3.63) is 58.3 Å². The molecule has 0 unspecified atom stereocenters. The maximum atomic E-state index is 12.5. The predicted octanol–water partition coefficient (Wildman–Crippen LogP) is 4.96. The van der Waals surface area contributed by atoms with Gasteiger partial charge in [-0.25, -0.2) is 4.98 Å². The molecule has 1 amide bonds. The summed E-state index contributed by atoms with van der Waals surface area (Å²) in [5, 5.41) is 2.98. The third kappa shape index (κ3) is 4.28. The predicted molar refractivity (Wildman–Crippen MR) is 117 cm³/mol. The topological polar surface area (TPSA) is 50.2 Å². The second-order valence-electron chi connectivity index (χ2n) is 7.45. The van der Waals surface area contributed by atoms with Crippen molar-refractivity contribution in [2.24, 2.45) is 7.05 Å². The number of carbonyl (C=O) groups excluding carboxylic acids is 1. The number of hydrogen-bond acceptors (Lipinski definition) is 3. The second-order valence-corrected chi connectivity index (χ2v) is 8.36. The van der Waals surface area contributed by atoms with Crippen LogP contribution in [0.4, 0.5) is 5.69 Å². The van der Waals surface area contributed by atoms with Gasteiger partial charge in [-0.05, 0) is 62.3 Å². The summed E-state index contributed by atoms with van der Waals surface area (Å²) in [6.07, 6.45) is 5.21. The molecule has 0 atom stereocenters. The number of benzene rings is 2. The van der Waals surface area contributed by atoms with Crippen LogP contribution in [0.2, 0.25) is 0 Å². The van der Waals surface area contributed by atoms with Gasteiger partial charge in [0.2, 0.25) is 0 Å². The van der Waals surface area contributed by atoms with Crippen LogP contribution in [0.3, 0.4) is 0 Å². The number of likely N-dealkylation sites (tertiary alicyclic amines) is 1. The van der Waals surface area contributed by atoms with E-state index < -0.39 is 0 Å². The van der Waals surface area contributed by atoms with Crippen LogP contribution in [-0.2, 0) is 13.6 Å². The molecule has 2 aromatic carbocycles. The normalized spacial score (nSPS) is 15.5. The van der Waals surface area contributed by atoms with E-state index in [4.69, 9.17) is 4.98 Å². The van der Waals surface area contributed by atoms with Gasteiger partial charge in [0, 0.05) is 22.8 Å². The van der Waals surface area contributed by atoms with E-state index in [1.165, 1.54) is 25.7 Å². The Morgan fingerprint density at radius 3 is 2.64 bits per heavy atom. The Kier molecular flexibility index (Phi) is 5.78. The van der Waals surface area contributed by atoms with E-state index in [2.05, 4.69) is 37.8 Å². The highest BCUT2D eigenvalue weighted by Crippen LogP contribution is 2.22. The van der Waals surface area contributed by atoms with Crippen molar-refractivity contribution in [1.82, 2.24) is 14.5 Å². The molecule has 5 nitrogen and oxygen atoms in total. The molecule has 0 aliphatic carbocycles. The third-order valence-corrected chi connectivity index (χ3v) is 5.88. The lowest BCUT2D eigenvalue weighted by molar-refractivity contribution is 0.102. The van der Waals surface area contributed by atoms with Crippen LogP contribution in [0.25, 0.3) is 11.0 Å². The van der Waals surface area contributed by atoms with E-state index >= 15 is 0 Å². The van der Waals surface area contributed by atoms with Crippen LogP contribution in [0.15, 0.2) is 46.9 Å². The zero-order chi connectivity index (χ0) is 19.5. The molecular formula is C22H25BrN4O. The van der Waals surface area contributed by atoms with E-state index in [-0.39, 0.29) is 5.91 Å². The maximum Gasteiger partial charge on any atom is 0.255 e. The molecule has 0 saturated carbocycles. The van der Waals surface area contributed by atoms with E-state index in [1.807, 2.05) is 36.4 Å². The van der Waals surface area contributed by atoms with Gasteiger partial charge in [-0.2, -0.15) is 0 Å². The monoisotopic (exact) mass is 440 g/mol. The average Bonchev–Trinajstić information content (AvgIpc) is 2.85. The highest BCUT2D eigenvalue weighted by atomic mass is 79.9. The van der Waals surface area contributed by atoms with Crippen molar-refractivity contribution in [2.45, 2.75) is 32.2 Å². The summed E-state index contributed by atoms with van der Waals surface area (Å²) in [5.74, 6) is 0.953. The Morgan fingerprint density at radius 2 is 1.89 bits per heavy atom. The molecule has 0 bridgehead atoms. The van der Waals surface area contributed by atoms with Crippen molar-refractivity contribution in [3.63, 3.8) is 0 Å². The summed E-state index contributed by atoms with van der Waals surface area (Å²) in [7, 11) is 2.07. The number of aromatic nitrogens is 2. The Bertz CT molecular complexity index is 989. The van der Waals surface area contributed by atoms with Gasteiger partial charge in [0.25, 0.3) is 5.91 Å². The van der Waals surface area contributed by atoms with Crippen LogP contribution in [0.5, 0.6) is 0 Å². The van der Waals surface area contributed by atoms with Crippen molar-refractivity contribution >= 4 is 38.6 Å². The summed E-state index contributed by atoms with van der Waals surface area (Å²) >= 11 is 3.41.